The van der Waals surface area contributed by atoms with E-state index in [4.69, 9.17) is 23.1 Å². The van der Waals surface area contributed by atoms with Crippen LogP contribution in [0.25, 0.3) is 0 Å². The molecule has 0 aliphatic carbocycles. The average Bonchev–Trinajstić information content (AvgIpc) is 2.15. The highest BCUT2D eigenvalue weighted by Crippen LogP contribution is 2.33. The molecule has 0 saturated carbocycles. The number of amides is 1. The van der Waals surface area contributed by atoms with Gasteiger partial charge >= 0.3 is 0 Å². The molecule has 0 unspecified atom stereocenters. The quantitative estimate of drug-likeness (QED) is 0.632. The molecule has 0 fully saturated rings. The third kappa shape index (κ3) is 3.04. The molecular weight excluding hydrogens is 232 g/mol. The van der Waals surface area contributed by atoms with Gasteiger partial charge in [-0.3, -0.25) is 4.79 Å². The summed E-state index contributed by atoms with van der Waals surface area (Å²) in [5, 5.41) is 0.488. The fourth-order valence-electron chi connectivity index (χ4n) is 1.15. The van der Waals surface area contributed by atoms with Crippen LogP contribution in [0.3, 0.4) is 0 Å². The van der Waals surface area contributed by atoms with Gasteiger partial charge in [-0.1, -0.05) is 18.5 Å². The summed E-state index contributed by atoms with van der Waals surface area (Å²) in [5.74, 6) is 0.395. The summed E-state index contributed by atoms with van der Waals surface area (Å²) in [7, 11) is 0. The second-order valence-corrected chi connectivity index (χ2v) is 4.60. The van der Waals surface area contributed by atoms with E-state index in [-0.39, 0.29) is 0 Å². The Morgan fingerprint density at radius 1 is 1.53 bits per heavy atom. The standard InChI is InChI=1S/C10H13ClN2OS/c1-2-3-15-9-7(10(13)14)4-6(12)5-8(9)11/h4-5H,2-3,12H2,1H3,(H2,13,14). The van der Waals surface area contributed by atoms with Gasteiger partial charge in [-0.25, -0.2) is 0 Å². The zero-order chi connectivity index (χ0) is 11.4. The van der Waals surface area contributed by atoms with E-state index in [0.717, 1.165) is 17.1 Å². The number of nitrogen functional groups attached to an aromatic ring is 1. The lowest BCUT2D eigenvalue weighted by atomic mass is 10.2. The monoisotopic (exact) mass is 244 g/mol. The van der Waals surface area contributed by atoms with Crippen LogP contribution >= 0.6 is 23.4 Å². The zero-order valence-corrected chi connectivity index (χ0v) is 9.99. The summed E-state index contributed by atoms with van der Waals surface area (Å²) in [6, 6.07) is 3.19. The molecule has 15 heavy (non-hydrogen) atoms. The van der Waals surface area contributed by atoms with Crippen LogP contribution in [0.5, 0.6) is 0 Å². The average molecular weight is 245 g/mol. The van der Waals surface area contributed by atoms with Crippen molar-refractivity contribution in [3.05, 3.63) is 22.7 Å². The van der Waals surface area contributed by atoms with E-state index >= 15 is 0 Å². The third-order valence-corrected chi connectivity index (χ3v) is 3.53. The van der Waals surface area contributed by atoms with Crippen LogP contribution in [0.1, 0.15) is 23.7 Å². The van der Waals surface area contributed by atoms with Crippen LogP contribution in [0.2, 0.25) is 5.02 Å². The van der Waals surface area contributed by atoms with Gasteiger partial charge < -0.3 is 11.5 Å². The van der Waals surface area contributed by atoms with Crippen LogP contribution < -0.4 is 11.5 Å². The lowest BCUT2D eigenvalue weighted by Crippen LogP contribution is -2.13. The van der Waals surface area contributed by atoms with E-state index in [1.165, 1.54) is 11.8 Å². The SMILES string of the molecule is CCCSc1c(Cl)cc(N)cc1C(N)=O. The lowest BCUT2D eigenvalue weighted by molar-refractivity contribution is 0.0997. The topological polar surface area (TPSA) is 69.1 Å². The Kier molecular flexibility index (Phi) is 4.29. The summed E-state index contributed by atoms with van der Waals surface area (Å²) < 4.78 is 0. The molecule has 0 aliphatic rings. The summed E-state index contributed by atoms with van der Waals surface area (Å²) in [5.41, 5.74) is 11.7. The van der Waals surface area contributed by atoms with E-state index < -0.39 is 5.91 Å². The molecule has 0 heterocycles. The highest BCUT2D eigenvalue weighted by atomic mass is 35.5. The number of anilines is 1. The van der Waals surface area contributed by atoms with E-state index in [2.05, 4.69) is 6.92 Å². The largest absolute Gasteiger partial charge is 0.399 e. The predicted molar refractivity (Wildman–Crippen MR) is 65.4 cm³/mol. The molecule has 3 nitrogen and oxygen atoms in total. The second-order valence-electron chi connectivity index (χ2n) is 3.09. The number of rotatable bonds is 4. The van der Waals surface area contributed by atoms with Gasteiger partial charge in [0.25, 0.3) is 0 Å². The molecule has 0 saturated heterocycles. The van der Waals surface area contributed by atoms with Gasteiger partial charge in [0.1, 0.15) is 0 Å². The number of carbonyl (C=O) groups is 1. The van der Waals surface area contributed by atoms with Crippen molar-refractivity contribution in [2.24, 2.45) is 5.73 Å². The normalized spacial score (nSPS) is 10.3. The van der Waals surface area contributed by atoms with Crippen molar-refractivity contribution in [3.63, 3.8) is 0 Å². The van der Waals surface area contributed by atoms with Gasteiger partial charge in [-0.05, 0) is 24.3 Å². The minimum Gasteiger partial charge on any atom is -0.399 e. The van der Waals surface area contributed by atoms with E-state index in [9.17, 15) is 4.79 Å². The molecule has 0 aliphatic heterocycles. The first kappa shape index (κ1) is 12.2. The van der Waals surface area contributed by atoms with Crippen LogP contribution in [-0.2, 0) is 0 Å². The molecule has 1 aromatic rings. The molecule has 82 valence electrons. The molecule has 1 aromatic carbocycles. The zero-order valence-electron chi connectivity index (χ0n) is 8.42. The fourth-order valence-corrected chi connectivity index (χ4v) is 2.46. The Morgan fingerprint density at radius 2 is 2.20 bits per heavy atom. The Morgan fingerprint density at radius 3 is 2.73 bits per heavy atom. The number of hydrogen-bond acceptors (Lipinski definition) is 3. The summed E-state index contributed by atoms with van der Waals surface area (Å²) in [4.78, 5) is 11.9. The number of halogens is 1. The number of nitrogens with two attached hydrogens (primary N) is 2. The maximum atomic E-state index is 11.2. The number of primary amides is 1. The molecule has 4 N–H and O–H groups in total. The Labute approximate surface area is 98.2 Å². The van der Waals surface area contributed by atoms with Gasteiger partial charge in [-0.2, -0.15) is 0 Å². The van der Waals surface area contributed by atoms with Gasteiger partial charge in [0.2, 0.25) is 5.91 Å². The molecule has 1 rings (SSSR count). The number of hydrogen-bond donors (Lipinski definition) is 2. The van der Waals surface area contributed by atoms with Crippen molar-refractivity contribution < 1.29 is 4.79 Å². The summed E-state index contributed by atoms with van der Waals surface area (Å²) in [6.45, 7) is 2.06. The minimum absolute atomic E-state index is 0.401. The maximum absolute atomic E-state index is 11.2. The van der Waals surface area contributed by atoms with Crippen molar-refractivity contribution >= 4 is 35.0 Å². The van der Waals surface area contributed by atoms with Crippen molar-refractivity contribution in [1.82, 2.24) is 0 Å². The Bertz CT molecular complexity index is 382. The second kappa shape index (κ2) is 5.28. The van der Waals surface area contributed by atoms with Gasteiger partial charge in [-0.15, -0.1) is 11.8 Å². The predicted octanol–water partition coefficient (Wildman–Crippen LogP) is 2.52. The molecule has 0 atom stereocenters. The van der Waals surface area contributed by atoms with Gasteiger partial charge in [0, 0.05) is 10.6 Å². The molecule has 0 aromatic heterocycles. The first-order valence-corrected chi connectivity index (χ1v) is 5.94. The lowest BCUT2D eigenvalue weighted by Gasteiger charge is -2.09. The van der Waals surface area contributed by atoms with Crippen LogP contribution in [0.4, 0.5) is 5.69 Å². The molecule has 0 radical (unpaired) electrons. The van der Waals surface area contributed by atoms with Crippen molar-refractivity contribution in [3.8, 4) is 0 Å². The fraction of sp³-hybridized carbons (Fsp3) is 0.300. The highest BCUT2D eigenvalue weighted by molar-refractivity contribution is 7.99. The van der Waals surface area contributed by atoms with Crippen LogP contribution in [0, 0.1) is 0 Å². The van der Waals surface area contributed by atoms with Crippen molar-refractivity contribution in [2.75, 3.05) is 11.5 Å². The molecule has 0 bridgehead atoms. The molecule has 0 spiro atoms. The smallest absolute Gasteiger partial charge is 0.249 e. The first-order chi connectivity index (χ1) is 7.06. The van der Waals surface area contributed by atoms with Crippen LogP contribution in [0.15, 0.2) is 17.0 Å². The highest BCUT2D eigenvalue weighted by Gasteiger charge is 2.13. The van der Waals surface area contributed by atoms with Crippen molar-refractivity contribution in [1.29, 1.82) is 0 Å². The van der Waals surface area contributed by atoms with E-state index in [0.29, 0.717) is 16.3 Å². The number of thioether (sulfide) groups is 1. The summed E-state index contributed by atoms with van der Waals surface area (Å²) in [6.07, 6.45) is 1.00. The molecular formula is C10H13ClN2OS. The summed E-state index contributed by atoms with van der Waals surface area (Å²) >= 11 is 7.53. The minimum atomic E-state index is -0.497. The number of carbonyl (C=O) groups excluding carboxylic acids is 1. The Hall–Kier alpha value is -0.870. The first-order valence-electron chi connectivity index (χ1n) is 4.58. The van der Waals surface area contributed by atoms with Gasteiger partial charge in [0.15, 0.2) is 0 Å². The molecule has 1 amide bonds. The number of benzene rings is 1. The van der Waals surface area contributed by atoms with Crippen molar-refractivity contribution in [2.45, 2.75) is 18.2 Å². The maximum Gasteiger partial charge on any atom is 0.249 e. The van der Waals surface area contributed by atoms with Gasteiger partial charge in [0.05, 0.1) is 10.6 Å². The van der Waals surface area contributed by atoms with Crippen LogP contribution in [-0.4, -0.2) is 11.7 Å². The van der Waals surface area contributed by atoms with E-state index in [1.54, 1.807) is 12.1 Å². The van der Waals surface area contributed by atoms with E-state index in [1.807, 2.05) is 0 Å². The molecule has 5 heteroatoms. The third-order valence-electron chi connectivity index (χ3n) is 1.78. The Balaban J connectivity index is 3.15.